The SMILES string of the molecule is CC1(O)C(F)(F)C2(F)C(F)(F)C(F)(C(F)F)C(F)(F)C(OC(=O)COC(=O)CO)(C1(F)F)C2(F)F. The van der Waals surface area contributed by atoms with Gasteiger partial charge in [0.15, 0.2) is 12.2 Å². The molecule has 20 heteroatoms. The molecule has 2 saturated carbocycles. The van der Waals surface area contributed by atoms with Gasteiger partial charge in [-0.2, -0.15) is 43.9 Å². The molecule has 2 bridgehead atoms. The molecule has 35 heavy (non-hydrogen) atoms. The Kier molecular flexibility index (Phi) is 6.01. The lowest BCUT2D eigenvalue weighted by molar-refractivity contribution is -0.557. The minimum Gasteiger partial charge on any atom is -0.452 e. The van der Waals surface area contributed by atoms with Crippen LogP contribution in [0.3, 0.4) is 0 Å². The molecule has 0 aromatic rings. The minimum atomic E-state index is -7.97. The molecule has 0 radical (unpaired) electrons. The lowest BCUT2D eigenvalue weighted by atomic mass is 9.49. The van der Waals surface area contributed by atoms with Crippen molar-refractivity contribution >= 4 is 11.9 Å². The number of hydrogen-bond acceptors (Lipinski definition) is 6. The maximum Gasteiger partial charge on any atom is 0.345 e. The van der Waals surface area contributed by atoms with Crippen molar-refractivity contribution in [2.24, 2.45) is 0 Å². The predicted molar refractivity (Wildman–Crippen MR) is 75.9 cm³/mol. The average Bonchev–Trinajstić information content (AvgIpc) is 2.71. The molecule has 2 rings (SSSR count). The molecular weight excluding hydrogens is 542 g/mol. The second-order valence-corrected chi connectivity index (χ2v) is 7.59. The van der Waals surface area contributed by atoms with Gasteiger partial charge in [-0.3, -0.25) is 0 Å². The molecule has 4 atom stereocenters. The highest BCUT2D eigenvalue weighted by Gasteiger charge is 3.14. The third-order valence-electron chi connectivity index (χ3n) is 5.81. The molecule has 0 spiro atoms. The lowest BCUT2D eigenvalue weighted by Gasteiger charge is -2.68. The van der Waals surface area contributed by atoms with E-state index in [1.54, 1.807) is 0 Å². The van der Waals surface area contributed by atoms with Crippen molar-refractivity contribution in [3.63, 3.8) is 0 Å². The third-order valence-corrected chi connectivity index (χ3v) is 5.81. The smallest absolute Gasteiger partial charge is 0.345 e. The first-order valence-corrected chi connectivity index (χ1v) is 8.55. The zero-order chi connectivity index (χ0) is 28.1. The van der Waals surface area contributed by atoms with Gasteiger partial charge in [0.05, 0.1) is 0 Å². The summed E-state index contributed by atoms with van der Waals surface area (Å²) >= 11 is 0. The number of halogens is 14. The van der Waals surface area contributed by atoms with E-state index in [2.05, 4.69) is 9.47 Å². The van der Waals surface area contributed by atoms with Crippen LogP contribution in [-0.2, 0) is 19.1 Å². The molecule has 0 heterocycles. The number of carbonyl (C=O) groups is 2. The summed E-state index contributed by atoms with van der Waals surface area (Å²) in [6.45, 7) is -5.23. The van der Waals surface area contributed by atoms with Crippen molar-refractivity contribution in [2.45, 2.75) is 65.5 Å². The van der Waals surface area contributed by atoms with Gasteiger partial charge in [-0.1, -0.05) is 0 Å². The summed E-state index contributed by atoms with van der Waals surface area (Å²) in [5, 5.41) is 17.8. The van der Waals surface area contributed by atoms with Gasteiger partial charge >= 0.3 is 58.5 Å². The number of esters is 2. The van der Waals surface area contributed by atoms with E-state index in [1.807, 2.05) is 0 Å². The first kappa shape index (κ1) is 29.1. The van der Waals surface area contributed by atoms with Gasteiger partial charge in [-0.05, 0) is 6.92 Å². The van der Waals surface area contributed by atoms with Gasteiger partial charge < -0.3 is 19.7 Å². The number of aliphatic hydroxyl groups excluding tert-OH is 1. The number of ether oxygens (including phenoxy) is 2. The van der Waals surface area contributed by atoms with Crippen LogP contribution in [0.25, 0.3) is 0 Å². The van der Waals surface area contributed by atoms with E-state index in [-0.39, 0.29) is 0 Å². The Morgan fingerprint density at radius 2 is 1.20 bits per heavy atom. The van der Waals surface area contributed by atoms with Crippen LogP contribution in [0.2, 0.25) is 0 Å². The van der Waals surface area contributed by atoms with Gasteiger partial charge in [-0.15, -0.1) is 0 Å². The molecule has 6 nitrogen and oxygen atoms in total. The molecule has 4 unspecified atom stereocenters. The van der Waals surface area contributed by atoms with Crippen LogP contribution in [0.5, 0.6) is 0 Å². The number of carbonyl (C=O) groups excluding carboxylic acids is 2. The number of rotatable bonds is 5. The largest absolute Gasteiger partial charge is 0.452 e. The summed E-state index contributed by atoms with van der Waals surface area (Å²) in [6.07, 6.45) is -6.18. The van der Waals surface area contributed by atoms with Crippen LogP contribution in [0.4, 0.5) is 61.5 Å². The first-order chi connectivity index (χ1) is 15.3. The van der Waals surface area contributed by atoms with E-state index in [4.69, 9.17) is 5.11 Å². The van der Waals surface area contributed by atoms with Gasteiger partial charge in [0, 0.05) is 0 Å². The monoisotopic (exact) mass is 552 g/mol. The summed E-state index contributed by atoms with van der Waals surface area (Å²) in [6, 6.07) is 0. The standard InChI is InChI=1S/C15H10F14O6/c1-7(33)11(20,21)9(19)13(24,25)8(18,6(16)17)14(26,27)10(12(7,22)23,15(9,28)29)35-5(32)3-34-4(31)2-30/h6,30,33H,2-3H2,1H3. The summed E-state index contributed by atoms with van der Waals surface area (Å²) < 4.78 is 210. The molecule has 2 aliphatic rings. The molecule has 204 valence electrons. The number of alkyl halides is 14. The van der Waals surface area contributed by atoms with E-state index >= 15 is 4.39 Å². The molecule has 2 aliphatic carbocycles. The molecule has 0 aromatic heterocycles. The lowest BCUT2D eigenvalue weighted by Crippen LogP contribution is -3.01. The predicted octanol–water partition coefficient (Wildman–Crippen LogP) is 2.44. The molecule has 0 saturated heterocycles. The maximum absolute atomic E-state index is 15.1. The Hall–Kier alpha value is -2.12. The number of hydrogen-bond donors (Lipinski definition) is 2. The van der Waals surface area contributed by atoms with Crippen LogP contribution in [0, 0.1) is 0 Å². The van der Waals surface area contributed by atoms with E-state index in [0.29, 0.717) is 0 Å². The molecule has 0 aliphatic heterocycles. The second kappa shape index (κ2) is 7.22. The van der Waals surface area contributed by atoms with Gasteiger partial charge in [0.25, 0.3) is 6.43 Å². The normalized spacial score (nSPS) is 40.2. The Morgan fingerprint density at radius 1 is 0.743 bits per heavy atom. The zero-order valence-corrected chi connectivity index (χ0v) is 16.3. The second-order valence-electron chi connectivity index (χ2n) is 7.59. The molecule has 2 fully saturated rings. The first-order valence-electron chi connectivity index (χ1n) is 8.55. The van der Waals surface area contributed by atoms with E-state index < -0.39 is 90.7 Å². The zero-order valence-electron chi connectivity index (χ0n) is 16.3. The van der Waals surface area contributed by atoms with Gasteiger partial charge in [-0.25, -0.2) is 27.2 Å². The fraction of sp³-hybridized carbons (Fsp3) is 0.867. The van der Waals surface area contributed by atoms with Crippen LogP contribution in [0.15, 0.2) is 0 Å². The quantitative estimate of drug-likeness (QED) is 0.403. The van der Waals surface area contributed by atoms with Gasteiger partial charge in [0.2, 0.25) is 0 Å². The van der Waals surface area contributed by atoms with Crippen molar-refractivity contribution < 1.29 is 90.7 Å². The topological polar surface area (TPSA) is 93.1 Å². The minimum absolute atomic E-state index is 1.16. The van der Waals surface area contributed by atoms with Crippen LogP contribution in [-0.4, -0.2) is 93.9 Å². The maximum atomic E-state index is 15.1. The van der Waals surface area contributed by atoms with Crippen LogP contribution >= 0.6 is 0 Å². The molecule has 0 aromatic carbocycles. The summed E-state index contributed by atoms with van der Waals surface area (Å²) in [5.74, 6) is -43.5. The highest BCUT2D eigenvalue weighted by Crippen LogP contribution is 2.80. The number of fused-ring (bicyclic) bond motifs is 2. The molecular formula is C15H10F14O6. The van der Waals surface area contributed by atoms with Crippen molar-refractivity contribution in [2.75, 3.05) is 13.2 Å². The van der Waals surface area contributed by atoms with E-state index in [9.17, 15) is 71.8 Å². The Morgan fingerprint density at radius 3 is 1.60 bits per heavy atom. The average molecular weight is 552 g/mol. The highest BCUT2D eigenvalue weighted by atomic mass is 19.3. The van der Waals surface area contributed by atoms with E-state index in [0.717, 1.165) is 0 Å². The van der Waals surface area contributed by atoms with Crippen molar-refractivity contribution in [1.82, 2.24) is 0 Å². The van der Waals surface area contributed by atoms with Crippen LogP contribution in [0.1, 0.15) is 6.92 Å². The Balaban J connectivity index is 3.09. The van der Waals surface area contributed by atoms with E-state index in [1.165, 1.54) is 0 Å². The fourth-order valence-corrected chi connectivity index (χ4v) is 3.86. The van der Waals surface area contributed by atoms with Crippen molar-refractivity contribution in [1.29, 1.82) is 0 Å². The van der Waals surface area contributed by atoms with Gasteiger partial charge in [0.1, 0.15) is 6.61 Å². The summed E-state index contributed by atoms with van der Waals surface area (Å²) in [4.78, 5) is 22.4. The Labute approximate surface area is 182 Å². The third kappa shape index (κ3) is 2.54. The molecule has 2 N–H and O–H groups in total. The summed E-state index contributed by atoms with van der Waals surface area (Å²) in [5.41, 5.74) is -29.0. The Bertz CT molecular complexity index is 912. The van der Waals surface area contributed by atoms with Crippen molar-refractivity contribution in [3.05, 3.63) is 0 Å². The number of aliphatic hydroxyl groups is 2. The summed E-state index contributed by atoms with van der Waals surface area (Å²) in [7, 11) is 0. The fourth-order valence-electron chi connectivity index (χ4n) is 3.86. The molecule has 0 amide bonds. The highest BCUT2D eigenvalue weighted by molar-refractivity contribution is 5.77. The van der Waals surface area contributed by atoms with Crippen molar-refractivity contribution in [3.8, 4) is 0 Å². The van der Waals surface area contributed by atoms with Crippen LogP contribution < -0.4 is 0 Å².